The lowest BCUT2D eigenvalue weighted by molar-refractivity contribution is 0.0531. The summed E-state index contributed by atoms with van der Waals surface area (Å²) in [6, 6.07) is 16.8. The van der Waals surface area contributed by atoms with Crippen LogP contribution in [0.3, 0.4) is 0 Å². The summed E-state index contributed by atoms with van der Waals surface area (Å²) >= 11 is 10.4. The lowest BCUT2D eigenvalue weighted by Gasteiger charge is -2.19. The number of carbonyl (C=O) groups is 1. The first-order chi connectivity index (χ1) is 15.9. The molecule has 0 heterocycles. The van der Waals surface area contributed by atoms with Gasteiger partial charge in [-0.2, -0.15) is 25.3 Å². The van der Waals surface area contributed by atoms with Gasteiger partial charge in [-0.05, 0) is 91.9 Å². The summed E-state index contributed by atoms with van der Waals surface area (Å²) in [4.78, 5) is 15.0. The van der Waals surface area contributed by atoms with Crippen molar-refractivity contribution in [1.82, 2.24) is 5.32 Å². The minimum Gasteiger partial charge on any atom is -0.444 e. The first kappa shape index (κ1) is 32.5. The second-order valence-corrected chi connectivity index (χ2v) is 10.8. The summed E-state index contributed by atoms with van der Waals surface area (Å²) in [7, 11) is 8.16. The molecule has 0 atom stereocenters. The van der Waals surface area contributed by atoms with Crippen LogP contribution >= 0.6 is 47.8 Å². The molecule has 2 rings (SSSR count). The van der Waals surface area contributed by atoms with E-state index in [0.29, 0.717) is 12.3 Å². The fourth-order valence-corrected chi connectivity index (χ4v) is 2.87. The molecule has 1 amide bonds. The van der Waals surface area contributed by atoms with E-state index in [1.54, 1.807) is 0 Å². The van der Waals surface area contributed by atoms with Crippen LogP contribution in [-0.2, 0) is 4.74 Å². The lowest BCUT2D eigenvalue weighted by atomic mass is 10.2. The number of anilines is 3. The zero-order chi connectivity index (χ0) is 26.1. The maximum atomic E-state index is 10.9. The van der Waals surface area contributed by atoms with Crippen LogP contribution in [0.25, 0.3) is 0 Å². The van der Waals surface area contributed by atoms with E-state index in [-0.39, 0.29) is 6.09 Å². The fourth-order valence-electron chi connectivity index (χ4n) is 2.29. The molecule has 2 N–H and O–H groups in total. The predicted octanol–water partition coefficient (Wildman–Crippen LogP) is 5.89. The monoisotopic (exact) mass is 620 g/mol. The highest BCUT2D eigenvalue weighted by molar-refractivity contribution is 14.1. The number of thiol groups is 2. The van der Waals surface area contributed by atoms with E-state index in [4.69, 9.17) is 4.74 Å². The fraction of sp³-hybridized carbons (Fsp3) is 0.480. The number of amides is 1. The van der Waals surface area contributed by atoms with Gasteiger partial charge < -0.3 is 25.2 Å². The molecule has 9 heteroatoms. The Balaban J connectivity index is 0.000000485. The molecule has 34 heavy (non-hydrogen) atoms. The van der Waals surface area contributed by atoms with E-state index in [1.807, 2.05) is 49.0 Å². The Morgan fingerprint density at radius 2 is 1.29 bits per heavy atom. The number of nitrogens with one attached hydrogen (secondary N) is 2. The largest absolute Gasteiger partial charge is 0.444 e. The van der Waals surface area contributed by atoms with Gasteiger partial charge >= 0.3 is 6.09 Å². The van der Waals surface area contributed by atoms with Crippen LogP contribution in [0, 0.1) is 3.57 Å². The minimum atomic E-state index is -0.416. The van der Waals surface area contributed by atoms with E-state index < -0.39 is 5.60 Å². The standard InChI is InChI=1S/C10H16N2S.C8H10IN.C7H15NO2S/c1-12(2)10-5-3-9(4-6-10)11-7-8-13;1-10(2)8-5-3-7(9)4-6-8;1-7(2,3)10-6(9)8-4-5-11/h3-6,11,13H,7-8H2,1-2H3;3-6H,1-2H3;11H,4-5H2,1-3H3,(H,8,9). The van der Waals surface area contributed by atoms with E-state index in [9.17, 15) is 4.79 Å². The second-order valence-electron chi connectivity index (χ2n) is 8.61. The first-order valence-electron chi connectivity index (χ1n) is 11.0. The Kier molecular flexibility index (Phi) is 17.1. The molecular formula is C25H41IN4O2S2. The first-order valence-corrected chi connectivity index (χ1v) is 13.4. The predicted molar refractivity (Wildman–Crippen MR) is 165 cm³/mol. The molecule has 0 aliphatic carbocycles. The van der Waals surface area contributed by atoms with Crippen LogP contribution in [0.2, 0.25) is 0 Å². The maximum absolute atomic E-state index is 10.9. The Morgan fingerprint density at radius 3 is 1.68 bits per heavy atom. The molecule has 0 saturated heterocycles. The van der Waals surface area contributed by atoms with Crippen LogP contribution < -0.4 is 20.4 Å². The van der Waals surface area contributed by atoms with Gasteiger partial charge in [0.05, 0.1) is 0 Å². The summed E-state index contributed by atoms with van der Waals surface area (Å²) in [5.74, 6) is 1.48. The molecule has 0 fully saturated rings. The number of carbonyl (C=O) groups excluding carboxylic acids is 1. The third-order valence-corrected chi connectivity index (χ3v) is 5.11. The van der Waals surface area contributed by atoms with Crippen molar-refractivity contribution in [3.05, 3.63) is 52.1 Å². The van der Waals surface area contributed by atoms with Crippen molar-refractivity contribution in [2.45, 2.75) is 26.4 Å². The molecule has 0 saturated carbocycles. The topological polar surface area (TPSA) is 56.8 Å². The molecule has 0 aliphatic rings. The number of rotatable bonds is 7. The highest BCUT2D eigenvalue weighted by atomic mass is 127. The maximum Gasteiger partial charge on any atom is 0.407 e. The van der Waals surface area contributed by atoms with Crippen LogP contribution in [0.1, 0.15) is 20.8 Å². The van der Waals surface area contributed by atoms with Crippen molar-refractivity contribution >= 4 is 71.0 Å². The average molecular weight is 621 g/mol. The summed E-state index contributed by atoms with van der Waals surface area (Å²) in [5, 5.41) is 5.82. The number of halogens is 1. The van der Waals surface area contributed by atoms with Crippen LogP contribution in [-0.4, -0.2) is 64.5 Å². The van der Waals surface area contributed by atoms with Crippen LogP contribution in [0.5, 0.6) is 0 Å². The number of ether oxygens (including phenoxy) is 1. The Bertz CT molecular complexity index is 796. The van der Waals surface area contributed by atoms with E-state index in [1.165, 1.54) is 14.9 Å². The number of alkyl carbamates (subject to hydrolysis) is 1. The van der Waals surface area contributed by atoms with Crippen LogP contribution in [0.4, 0.5) is 21.9 Å². The van der Waals surface area contributed by atoms with Gasteiger partial charge in [0.2, 0.25) is 0 Å². The van der Waals surface area contributed by atoms with Crippen molar-refractivity contribution < 1.29 is 9.53 Å². The number of hydrogen-bond donors (Lipinski definition) is 4. The zero-order valence-corrected chi connectivity index (χ0v) is 25.4. The molecular weight excluding hydrogens is 579 g/mol. The Labute approximate surface area is 231 Å². The molecule has 0 spiro atoms. The molecule has 0 unspecified atom stereocenters. The minimum absolute atomic E-state index is 0.383. The molecule has 192 valence electrons. The van der Waals surface area contributed by atoms with Gasteiger partial charge in [0, 0.05) is 73.4 Å². The molecule has 0 aromatic heterocycles. The average Bonchev–Trinajstić information content (AvgIpc) is 2.76. The molecule has 0 radical (unpaired) electrons. The van der Waals surface area contributed by atoms with E-state index >= 15 is 0 Å². The summed E-state index contributed by atoms with van der Waals surface area (Å²) < 4.78 is 6.24. The van der Waals surface area contributed by atoms with Crippen molar-refractivity contribution in [1.29, 1.82) is 0 Å². The highest BCUT2D eigenvalue weighted by Crippen LogP contribution is 2.15. The van der Waals surface area contributed by atoms with E-state index in [0.717, 1.165) is 18.0 Å². The molecule has 6 nitrogen and oxygen atoms in total. The number of nitrogens with zero attached hydrogens (tertiary/aromatic N) is 2. The molecule has 2 aromatic carbocycles. The summed E-state index contributed by atoms with van der Waals surface area (Å²) in [6.07, 6.45) is -0.383. The summed E-state index contributed by atoms with van der Waals surface area (Å²) in [6.45, 7) is 6.93. The third kappa shape index (κ3) is 17.0. The normalized spacial score (nSPS) is 10.1. The Hall–Kier alpha value is -1.46. The van der Waals surface area contributed by atoms with Crippen molar-refractivity contribution in [2.75, 3.05) is 67.9 Å². The van der Waals surface area contributed by atoms with E-state index in [2.05, 4.69) is 117 Å². The van der Waals surface area contributed by atoms with Gasteiger partial charge in [-0.1, -0.05) is 0 Å². The molecule has 0 bridgehead atoms. The van der Waals surface area contributed by atoms with Crippen molar-refractivity contribution in [3.8, 4) is 0 Å². The van der Waals surface area contributed by atoms with Gasteiger partial charge in [0.15, 0.2) is 0 Å². The zero-order valence-electron chi connectivity index (χ0n) is 21.4. The van der Waals surface area contributed by atoms with Crippen molar-refractivity contribution in [3.63, 3.8) is 0 Å². The SMILES string of the molecule is CC(C)(C)OC(=O)NCCS.CN(C)c1ccc(I)cc1.CN(C)c1ccc(NCCS)cc1. The quantitative estimate of drug-likeness (QED) is 0.230. The Morgan fingerprint density at radius 1 is 0.853 bits per heavy atom. The van der Waals surface area contributed by atoms with Crippen molar-refractivity contribution in [2.24, 2.45) is 0 Å². The second kappa shape index (κ2) is 17.9. The summed E-state index contributed by atoms with van der Waals surface area (Å²) in [5.41, 5.74) is 3.21. The number of hydrogen-bond acceptors (Lipinski definition) is 7. The highest BCUT2D eigenvalue weighted by Gasteiger charge is 2.14. The van der Waals surface area contributed by atoms with Crippen LogP contribution in [0.15, 0.2) is 48.5 Å². The third-order valence-electron chi connectivity index (χ3n) is 3.95. The van der Waals surface area contributed by atoms with Gasteiger partial charge in [0.25, 0.3) is 0 Å². The molecule has 2 aromatic rings. The van der Waals surface area contributed by atoms with Gasteiger partial charge in [-0.15, -0.1) is 0 Å². The van der Waals surface area contributed by atoms with Gasteiger partial charge in [-0.25, -0.2) is 4.79 Å². The molecule has 0 aliphatic heterocycles. The van der Waals surface area contributed by atoms with Gasteiger partial charge in [0.1, 0.15) is 5.60 Å². The lowest BCUT2D eigenvalue weighted by Crippen LogP contribution is -2.33. The number of benzene rings is 2. The smallest absolute Gasteiger partial charge is 0.407 e. The van der Waals surface area contributed by atoms with Gasteiger partial charge in [-0.3, -0.25) is 0 Å².